The van der Waals surface area contributed by atoms with Gasteiger partial charge in [0.15, 0.2) is 5.76 Å². The Morgan fingerprint density at radius 2 is 1.85 bits per heavy atom. The minimum Gasteiger partial charge on any atom is -0.459 e. The van der Waals surface area contributed by atoms with Crippen molar-refractivity contribution in [1.29, 1.82) is 0 Å². The number of aromatic nitrogens is 2. The van der Waals surface area contributed by atoms with Gasteiger partial charge >= 0.3 is 0 Å². The van der Waals surface area contributed by atoms with Gasteiger partial charge in [-0.25, -0.2) is 0 Å². The zero-order chi connectivity index (χ0) is 17.9. The molecule has 6 nitrogen and oxygen atoms in total. The summed E-state index contributed by atoms with van der Waals surface area (Å²) in [6, 6.07) is 18.4. The number of carbonyl (C=O) groups is 1. The quantitative estimate of drug-likeness (QED) is 0.586. The summed E-state index contributed by atoms with van der Waals surface area (Å²) in [7, 11) is 0. The summed E-state index contributed by atoms with van der Waals surface area (Å²) < 4.78 is 10.5. The van der Waals surface area contributed by atoms with Gasteiger partial charge in [-0.1, -0.05) is 35.0 Å². The van der Waals surface area contributed by atoms with Crippen LogP contribution in [0.3, 0.4) is 0 Å². The van der Waals surface area contributed by atoms with E-state index in [0.29, 0.717) is 23.0 Å². The van der Waals surface area contributed by atoms with Crippen LogP contribution in [0.5, 0.6) is 0 Å². The van der Waals surface area contributed by atoms with E-state index in [1.165, 1.54) is 6.26 Å². The molecule has 0 atom stereocenters. The topological polar surface area (TPSA) is 81.2 Å². The molecule has 1 N–H and O–H groups in total. The number of hydrogen-bond donors (Lipinski definition) is 1. The van der Waals surface area contributed by atoms with E-state index in [1.807, 2.05) is 43.3 Å². The third-order valence-corrected chi connectivity index (χ3v) is 3.81. The highest BCUT2D eigenvalue weighted by Gasteiger charge is 2.13. The second-order valence-electron chi connectivity index (χ2n) is 5.80. The van der Waals surface area contributed by atoms with Crippen LogP contribution in [0.4, 0.5) is 5.69 Å². The van der Waals surface area contributed by atoms with Gasteiger partial charge in [0.2, 0.25) is 5.82 Å². The number of rotatable bonds is 4. The number of carbonyl (C=O) groups excluding carboxylic acids is 1. The van der Waals surface area contributed by atoms with E-state index < -0.39 is 0 Å². The molecular formula is C20H15N3O3. The zero-order valence-electron chi connectivity index (χ0n) is 14.0. The third-order valence-electron chi connectivity index (χ3n) is 3.81. The van der Waals surface area contributed by atoms with Crippen LogP contribution in [-0.2, 0) is 0 Å². The van der Waals surface area contributed by atoms with Gasteiger partial charge in [-0.15, -0.1) is 0 Å². The van der Waals surface area contributed by atoms with Crippen molar-refractivity contribution in [3.8, 4) is 22.8 Å². The molecule has 0 aliphatic carbocycles. The number of anilines is 1. The lowest BCUT2D eigenvalue weighted by Gasteiger charge is -2.04. The monoisotopic (exact) mass is 345 g/mol. The molecule has 0 spiro atoms. The van der Waals surface area contributed by atoms with Crippen LogP contribution in [0.2, 0.25) is 0 Å². The SMILES string of the molecule is Cc1cccc(-c2noc(-c3cccc(NC(=O)c4ccco4)c3)n2)c1. The fraction of sp³-hybridized carbons (Fsp3) is 0.0500. The van der Waals surface area contributed by atoms with E-state index in [0.717, 1.165) is 11.1 Å². The number of benzene rings is 2. The molecule has 2 aromatic carbocycles. The molecule has 0 saturated carbocycles. The Hall–Kier alpha value is -3.67. The predicted octanol–water partition coefficient (Wildman–Crippen LogP) is 4.56. The highest BCUT2D eigenvalue weighted by molar-refractivity contribution is 6.02. The van der Waals surface area contributed by atoms with Crippen LogP contribution >= 0.6 is 0 Å². The van der Waals surface area contributed by atoms with E-state index >= 15 is 0 Å². The fourth-order valence-electron chi connectivity index (χ4n) is 2.57. The van der Waals surface area contributed by atoms with Gasteiger partial charge in [-0.2, -0.15) is 4.98 Å². The largest absolute Gasteiger partial charge is 0.459 e. The second-order valence-corrected chi connectivity index (χ2v) is 5.80. The van der Waals surface area contributed by atoms with E-state index in [1.54, 1.807) is 24.3 Å². The molecule has 2 heterocycles. The molecule has 0 fully saturated rings. The number of furan rings is 1. The minimum absolute atomic E-state index is 0.245. The lowest BCUT2D eigenvalue weighted by atomic mass is 10.1. The first-order valence-corrected chi connectivity index (χ1v) is 8.05. The molecule has 0 radical (unpaired) electrons. The molecule has 0 bridgehead atoms. The van der Waals surface area contributed by atoms with Crippen molar-refractivity contribution >= 4 is 11.6 Å². The highest BCUT2D eigenvalue weighted by atomic mass is 16.5. The summed E-state index contributed by atoms with van der Waals surface area (Å²) in [5.41, 5.74) is 3.34. The summed E-state index contributed by atoms with van der Waals surface area (Å²) in [6.07, 6.45) is 1.45. The average molecular weight is 345 g/mol. The fourth-order valence-corrected chi connectivity index (χ4v) is 2.57. The van der Waals surface area contributed by atoms with Crippen LogP contribution in [0.1, 0.15) is 16.1 Å². The molecule has 0 saturated heterocycles. The van der Waals surface area contributed by atoms with Crippen LogP contribution in [0.25, 0.3) is 22.8 Å². The van der Waals surface area contributed by atoms with Crippen molar-refractivity contribution in [3.05, 3.63) is 78.3 Å². The Morgan fingerprint density at radius 3 is 2.65 bits per heavy atom. The van der Waals surface area contributed by atoms with E-state index in [9.17, 15) is 4.79 Å². The molecule has 26 heavy (non-hydrogen) atoms. The van der Waals surface area contributed by atoms with Gasteiger partial charge < -0.3 is 14.3 Å². The lowest BCUT2D eigenvalue weighted by Crippen LogP contribution is -2.10. The summed E-state index contributed by atoms with van der Waals surface area (Å²) in [5, 5.41) is 6.82. The molecule has 0 unspecified atom stereocenters. The molecular weight excluding hydrogens is 330 g/mol. The average Bonchev–Trinajstić information content (AvgIpc) is 3.34. The Labute approximate surface area is 149 Å². The molecule has 4 aromatic rings. The summed E-state index contributed by atoms with van der Waals surface area (Å²) in [5.74, 6) is 0.831. The highest BCUT2D eigenvalue weighted by Crippen LogP contribution is 2.25. The van der Waals surface area contributed by atoms with E-state index in [-0.39, 0.29) is 11.7 Å². The number of nitrogens with zero attached hydrogens (tertiary/aromatic N) is 2. The first kappa shape index (κ1) is 15.8. The van der Waals surface area contributed by atoms with Crippen molar-refractivity contribution in [2.75, 3.05) is 5.32 Å². The maximum Gasteiger partial charge on any atom is 0.291 e. The Balaban J connectivity index is 1.58. The smallest absolute Gasteiger partial charge is 0.291 e. The van der Waals surface area contributed by atoms with Crippen molar-refractivity contribution in [2.24, 2.45) is 0 Å². The maximum absolute atomic E-state index is 12.1. The van der Waals surface area contributed by atoms with E-state index in [2.05, 4.69) is 15.5 Å². The summed E-state index contributed by atoms with van der Waals surface area (Å²) >= 11 is 0. The Kier molecular flexibility index (Phi) is 4.07. The zero-order valence-corrected chi connectivity index (χ0v) is 14.0. The minimum atomic E-state index is -0.321. The van der Waals surface area contributed by atoms with Gasteiger partial charge in [0.05, 0.1) is 6.26 Å². The number of aryl methyl sites for hydroxylation is 1. The van der Waals surface area contributed by atoms with Crippen LogP contribution in [0.15, 0.2) is 75.9 Å². The van der Waals surface area contributed by atoms with Gasteiger partial charge in [-0.05, 0) is 43.3 Å². The normalized spacial score (nSPS) is 10.7. The van der Waals surface area contributed by atoms with Crippen LogP contribution in [-0.4, -0.2) is 16.0 Å². The predicted molar refractivity (Wildman–Crippen MR) is 96.6 cm³/mol. The molecule has 4 rings (SSSR count). The van der Waals surface area contributed by atoms with Gasteiger partial charge in [0.1, 0.15) is 0 Å². The van der Waals surface area contributed by atoms with Gasteiger partial charge in [-0.3, -0.25) is 4.79 Å². The van der Waals surface area contributed by atoms with Crippen molar-refractivity contribution in [2.45, 2.75) is 6.92 Å². The molecule has 0 aliphatic rings. The number of hydrogen-bond acceptors (Lipinski definition) is 5. The van der Waals surface area contributed by atoms with Crippen LogP contribution in [0, 0.1) is 6.92 Å². The third kappa shape index (κ3) is 3.25. The first-order chi connectivity index (χ1) is 12.7. The molecule has 2 aromatic heterocycles. The molecule has 1 amide bonds. The molecule has 0 aliphatic heterocycles. The van der Waals surface area contributed by atoms with Gasteiger partial charge in [0.25, 0.3) is 11.8 Å². The molecule has 128 valence electrons. The maximum atomic E-state index is 12.1. The lowest BCUT2D eigenvalue weighted by molar-refractivity contribution is 0.0996. The van der Waals surface area contributed by atoms with E-state index in [4.69, 9.17) is 8.94 Å². The second kappa shape index (κ2) is 6.68. The number of amides is 1. The van der Waals surface area contributed by atoms with Crippen molar-refractivity contribution in [1.82, 2.24) is 10.1 Å². The van der Waals surface area contributed by atoms with Crippen LogP contribution < -0.4 is 5.32 Å². The Morgan fingerprint density at radius 1 is 1.00 bits per heavy atom. The number of nitrogens with one attached hydrogen (secondary N) is 1. The summed E-state index contributed by atoms with van der Waals surface area (Å²) in [4.78, 5) is 16.5. The summed E-state index contributed by atoms with van der Waals surface area (Å²) in [6.45, 7) is 2.01. The van der Waals surface area contributed by atoms with Crippen molar-refractivity contribution < 1.29 is 13.7 Å². The standard InChI is InChI=1S/C20H15N3O3/c1-13-5-2-6-14(11-13)18-22-20(26-23-18)15-7-3-8-16(12-15)21-19(24)17-9-4-10-25-17/h2-12H,1H3,(H,21,24). The molecule has 6 heteroatoms. The first-order valence-electron chi connectivity index (χ1n) is 8.05. The Bertz CT molecular complexity index is 1050. The van der Waals surface area contributed by atoms with Gasteiger partial charge in [0, 0.05) is 16.8 Å². The van der Waals surface area contributed by atoms with Crippen molar-refractivity contribution in [3.63, 3.8) is 0 Å².